The summed E-state index contributed by atoms with van der Waals surface area (Å²) >= 11 is 0. The fraction of sp³-hybridized carbons (Fsp3) is 0.455. The van der Waals surface area contributed by atoms with Crippen molar-refractivity contribution in [1.82, 2.24) is 4.98 Å². The molecule has 1 aromatic heterocycles. The standard InChI is InChI=1S/C11H16N4O/c1-8(2-3-16)6-14-11-10(13)4-9(5-12)7-15-11/h4,7-8,16H,2-3,6,13H2,1H3,(H,14,15). The Kier molecular flexibility index (Phi) is 4.55. The van der Waals surface area contributed by atoms with Crippen LogP contribution in [0, 0.1) is 17.2 Å². The Morgan fingerprint density at radius 2 is 2.44 bits per heavy atom. The normalized spacial score (nSPS) is 11.8. The molecule has 16 heavy (non-hydrogen) atoms. The van der Waals surface area contributed by atoms with Gasteiger partial charge in [-0.3, -0.25) is 0 Å². The minimum Gasteiger partial charge on any atom is -0.396 e. The number of hydrogen-bond acceptors (Lipinski definition) is 5. The Hall–Kier alpha value is -1.80. The molecule has 0 amide bonds. The summed E-state index contributed by atoms with van der Waals surface area (Å²) < 4.78 is 0. The second kappa shape index (κ2) is 5.93. The Balaban J connectivity index is 2.58. The first-order chi connectivity index (χ1) is 7.67. The van der Waals surface area contributed by atoms with Gasteiger partial charge in [0, 0.05) is 19.3 Å². The fourth-order valence-corrected chi connectivity index (χ4v) is 1.28. The van der Waals surface area contributed by atoms with Crippen LogP contribution in [0.5, 0.6) is 0 Å². The highest BCUT2D eigenvalue weighted by molar-refractivity contribution is 5.62. The zero-order chi connectivity index (χ0) is 12.0. The van der Waals surface area contributed by atoms with Gasteiger partial charge in [0.05, 0.1) is 11.3 Å². The molecule has 0 aromatic carbocycles. The first-order valence-electron chi connectivity index (χ1n) is 5.17. The lowest BCUT2D eigenvalue weighted by atomic mass is 10.1. The van der Waals surface area contributed by atoms with E-state index in [0.29, 0.717) is 29.5 Å². The molecule has 1 aromatic rings. The highest BCUT2D eigenvalue weighted by Gasteiger charge is 2.05. The van der Waals surface area contributed by atoms with E-state index in [9.17, 15) is 0 Å². The van der Waals surface area contributed by atoms with E-state index in [1.807, 2.05) is 13.0 Å². The summed E-state index contributed by atoms with van der Waals surface area (Å²) in [7, 11) is 0. The molecule has 0 fully saturated rings. The minimum atomic E-state index is 0.180. The van der Waals surface area contributed by atoms with Crippen molar-refractivity contribution in [3.8, 4) is 6.07 Å². The molecule has 5 heteroatoms. The van der Waals surface area contributed by atoms with Crippen LogP contribution in [0.1, 0.15) is 18.9 Å². The monoisotopic (exact) mass is 220 g/mol. The van der Waals surface area contributed by atoms with Crippen molar-refractivity contribution in [2.24, 2.45) is 5.92 Å². The SMILES string of the molecule is CC(CCO)CNc1ncc(C#N)cc1N. The van der Waals surface area contributed by atoms with Crippen LogP contribution in [-0.4, -0.2) is 23.2 Å². The van der Waals surface area contributed by atoms with Gasteiger partial charge < -0.3 is 16.2 Å². The van der Waals surface area contributed by atoms with Crippen molar-refractivity contribution in [2.45, 2.75) is 13.3 Å². The highest BCUT2D eigenvalue weighted by Crippen LogP contribution is 2.16. The van der Waals surface area contributed by atoms with E-state index in [2.05, 4.69) is 10.3 Å². The third-order valence-corrected chi connectivity index (χ3v) is 2.29. The molecule has 4 N–H and O–H groups in total. The van der Waals surface area contributed by atoms with Gasteiger partial charge in [0.15, 0.2) is 0 Å². The van der Waals surface area contributed by atoms with Crippen LogP contribution >= 0.6 is 0 Å². The molecular formula is C11H16N4O. The maximum absolute atomic E-state index is 8.75. The number of rotatable bonds is 5. The molecule has 0 aliphatic rings. The molecule has 1 atom stereocenters. The Morgan fingerprint density at radius 1 is 1.69 bits per heavy atom. The lowest BCUT2D eigenvalue weighted by Crippen LogP contribution is -2.14. The number of nitrogen functional groups attached to an aromatic ring is 1. The topological polar surface area (TPSA) is 95.0 Å². The summed E-state index contributed by atoms with van der Waals surface area (Å²) in [6, 6.07) is 3.57. The van der Waals surface area contributed by atoms with Gasteiger partial charge in [-0.2, -0.15) is 5.26 Å². The van der Waals surface area contributed by atoms with Crippen molar-refractivity contribution in [1.29, 1.82) is 5.26 Å². The molecule has 5 nitrogen and oxygen atoms in total. The van der Waals surface area contributed by atoms with Crippen LogP contribution in [0.2, 0.25) is 0 Å². The molecule has 0 aliphatic carbocycles. The summed E-state index contributed by atoms with van der Waals surface area (Å²) in [4.78, 5) is 4.06. The van der Waals surface area contributed by atoms with Crippen LogP contribution < -0.4 is 11.1 Å². The number of aliphatic hydroxyl groups is 1. The highest BCUT2D eigenvalue weighted by atomic mass is 16.3. The zero-order valence-corrected chi connectivity index (χ0v) is 9.27. The number of nitrogens with two attached hydrogens (primary N) is 1. The van der Waals surface area contributed by atoms with Crippen molar-refractivity contribution in [3.63, 3.8) is 0 Å². The number of pyridine rings is 1. The Labute approximate surface area is 94.9 Å². The van der Waals surface area contributed by atoms with E-state index in [1.54, 1.807) is 6.07 Å². The summed E-state index contributed by atoms with van der Waals surface area (Å²) in [6.07, 6.45) is 2.22. The molecule has 1 rings (SSSR count). The molecular weight excluding hydrogens is 204 g/mol. The maximum atomic E-state index is 8.75. The number of nitriles is 1. The molecule has 0 spiro atoms. The number of nitrogens with zero attached hydrogens (tertiary/aromatic N) is 2. The van der Waals surface area contributed by atoms with Gasteiger partial charge in [-0.25, -0.2) is 4.98 Å². The van der Waals surface area contributed by atoms with E-state index < -0.39 is 0 Å². The largest absolute Gasteiger partial charge is 0.396 e. The predicted molar refractivity (Wildman–Crippen MR) is 62.7 cm³/mol. The molecule has 0 radical (unpaired) electrons. The van der Waals surface area contributed by atoms with Crippen LogP contribution in [0.4, 0.5) is 11.5 Å². The first-order valence-corrected chi connectivity index (χ1v) is 5.17. The summed E-state index contributed by atoms with van der Waals surface area (Å²) in [5.41, 5.74) is 6.65. The van der Waals surface area contributed by atoms with Gasteiger partial charge in [0.25, 0.3) is 0 Å². The van der Waals surface area contributed by atoms with Crippen molar-refractivity contribution in [2.75, 3.05) is 24.2 Å². The summed E-state index contributed by atoms with van der Waals surface area (Å²) in [5, 5.41) is 20.5. The fourth-order valence-electron chi connectivity index (χ4n) is 1.28. The summed E-state index contributed by atoms with van der Waals surface area (Å²) in [5.74, 6) is 0.936. The van der Waals surface area contributed by atoms with Crippen molar-refractivity contribution in [3.05, 3.63) is 17.8 Å². The molecule has 0 aliphatic heterocycles. The van der Waals surface area contributed by atoms with E-state index in [4.69, 9.17) is 16.1 Å². The van der Waals surface area contributed by atoms with Gasteiger partial charge in [-0.05, 0) is 18.4 Å². The van der Waals surface area contributed by atoms with Gasteiger partial charge in [-0.1, -0.05) is 6.92 Å². The number of nitrogens with one attached hydrogen (secondary N) is 1. The van der Waals surface area contributed by atoms with E-state index in [-0.39, 0.29) is 6.61 Å². The van der Waals surface area contributed by atoms with Crippen LogP contribution in [0.3, 0.4) is 0 Å². The van der Waals surface area contributed by atoms with E-state index in [1.165, 1.54) is 6.20 Å². The average molecular weight is 220 g/mol. The predicted octanol–water partition coefficient (Wildman–Crippen LogP) is 0.966. The molecule has 0 saturated heterocycles. The maximum Gasteiger partial charge on any atom is 0.149 e. The minimum absolute atomic E-state index is 0.180. The van der Waals surface area contributed by atoms with Gasteiger partial charge in [0.2, 0.25) is 0 Å². The smallest absolute Gasteiger partial charge is 0.149 e. The Bertz CT molecular complexity index is 386. The van der Waals surface area contributed by atoms with Gasteiger partial charge >= 0.3 is 0 Å². The number of aromatic nitrogens is 1. The first kappa shape index (κ1) is 12.3. The second-order valence-corrected chi connectivity index (χ2v) is 3.77. The second-order valence-electron chi connectivity index (χ2n) is 3.77. The third-order valence-electron chi connectivity index (χ3n) is 2.29. The number of hydrogen-bond donors (Lipinski definition) is 3. The van der Waals surface area contributed by atoms with Crippen LogP contribution in [0.15, 0.2) is 12.3 Å². The number of aliphatic hydroxyl groups excluding tert-OH is 1. The van der Waals surface area contributed by atoms with Crippen LogP contribution in [-0.2, 0) is 0 Å². The van der Waals surface area contributed by atoms with Gasteiger partial charge in [0.1, 0.15) is 11.9 Å². The van der Waals surface area contributed by atoms with Gasteiger partial charge in [-0.15, -0.1) is 0 Å². The van der Waals surface area contributed by atoms with E-state index in [0.717, 1.165) is 6.42 Å². The van der Waals surface area contributed by atoms with Crippen molar-refractivity contribution >= 4 is 11.5 Å². The number of anilines is 2. The molecule has 86 valence electrons. The third kappa shape index (κ3) is 3.41. The quantitative estimate of drug-likeness (QED) is 0.687. The zero-order valence-electron chi connectivity index (χ0n) is 9.27. The molecule has 1 heterocycles. The average Bonchev–Trinajstić information content (AvgIpc) is 2.27. The van der Waals surface area contributed by atoms with Crippen LogP contribution in [0.25, 0.3) is 0 Å². The molecule has 0 saturated carbocycles. The lowest BCUT2D eigenvalue weighted by Gasteiger charge is -2.12. The summed E-state index contributed by atoms with van der Waals surface area (Å²) in [6.45, 7) is 2.91. The lowest BCUT2D eigenvalue weighted by molar-refractivity contribution is 0.266. The molecule has 0 bridgehead atoms. The molecule has 1 unspecified atom stereocenters. The Morgan fingerprint density at radius 3 is 3.00 bits per heavy atom. The van der Waals surface area contributed by atoms with E-state index >= 15 is 0 Å². The van der Waals surface area contributed by atoms with Crippen molar-refractivity contribution < 1.29 is 5.11 Å².